The van der Waals surface area contributed by atoms with Crippen LogP contribution in [-0.4, -0.2) is 25.0 Å². The van der Waals surface area contributed by atoms with Crippen molar-refractivity contribution in [3.63, 3.8) is 0 Å². The zero-order valence-electron chi connectivity index (χ0n) is 16.9. The van der Waals surface area contributed by atoms with Crippen molar-refractivity contribution in [2.45, 2.75) is 11.8 Å². The monoisotopic (exact) mass is 435 g/mol. The first-order valence-electron chi connectivity index (χ1n) is 9.36. The van der Waals surface area contributed by atoms with Gasteiger partial charge >= 0.3 is 0 Å². The number of rotatable bonds is 6. The van der Waals surface area contributed by atoms with Gasteiger partial charge in [-0.3, -0.25) is 10.1 Å². The van der Waals surface area contributed by atoms with Gasteiger partial charge in [-0.05, 0) is 85.1 Å². The van der Waals surface area contributed by atoms with Crippen LogP contribution in [0.15, 0.2) is 71.6 Å². The minimum absolute atomic E-state index is 0.161. The molecule has 0 atom stereocenters. The van der Waals surface area contributed by atoms with Crippen molar-refractivity contribution in [2.24, 2.45) is 0 Å². The van der Waals surface area contributed by atoms with Crippen LogP contribution in [0.1, 0.15) is 15.9 Å². The predicted octanol–water partition coefficient (Wildman–Crippen LogP) is 6.01. The molecule has 0 bridgehead atoms. The van der Waals surface area contributed by atoms with Crippen LogP contribution in [0.2, 0.25) is 0 Å². The summed E-state index contributed by atoms with van der Waals surface area (Å²) in [6.07, 6.45) is 0. The van der Waals surface area contributed by atoms with Crippen LogP contribution in [0.5, 0.6) is 5.75 Å². The predicted molar refractivity (Wildman–Crippen MR) is 126 cm³/mol. The van der Waals surface area contributed by atoms with E-state index in [9.17, 15) is 4.79 Å². The van der Waals surface area contributed by atoms with Crippen molar-refractivity contribution >= 4 is 50.2 Å². The van der Waals surface area contributed by atoms with E-state index in [4.69, 9.17) is 4.74 Å². The first kappa shape index (κ1) is 20.3. The standard InChI is InChI=1S/C23H21N3O2S2/c1-15-4-13-20-21(14-15)29-23(24-20)25-22(27)16-5-11-19(12-6-16)30-26(2)17-7-9-18(28-3)10-8-17/h4-14H,1-3H3,(H,24,25,27). The second-order valence-electron chi connectivity index (χ2n) is 6.76. The molecule has 3 aromatic carbocycles. The van der Waals surface area contributed by atoms with E-state index in [1.54, 1.807) is 19.1 Å². The normalized spacial score (nSPS) is 10.8. The maximum absolute atomic E-state index is 12.6. The Labute approximate surface area is 183 Å². The highest BCUT2D eigenvalue weighted by atomic mass is 32.2. The van der Waals surface area contributed by atoms with Gasteiger partial charge in [0.2, 0.25) is 0 Å². The smallest absolute Gasteiger partial charge is 0.257 e. The van der Waals surface area contributed by atoms with Crippen molar-refractivity contribution in [1.82, 2.24) is 4.98 Å². The summed E-state index contributed by atoms with van der Waals surface area (Å²) < 4.78 is 8.34. The fraction of sp³-hybridized carbons (Fsp3) is 0.130. The fourth-order valence-electron chi connectivity index (χ4n) is 2.92. The van der Waals surface area contributed by atoms with Crippen molar-refractivity contribution in [3.05, 3.63) is 77.9 Å². The second-order valence-corrected chi connectivity index (χ2v) is 8.99. The lowest BCUT2D eigenvalue weighted by atomic mass is 10.2. The van der Waals surface area contributed by atoms with Gasteiger partial charge in [-0.15, -0.1) is 0 Å². The number of anilines is 2. The molecule has 1 heterocycles. The van der Waals surface area contributed by atoms with Crippen LogP contribution >= 0.6 is 23.3 Å². The van der Waals surface area contributed by atoms with Gasteiger partial charge in [0, 0.05) is 23.2 Å². The van der Waals surface area contributed by atoms with Crippen LogP contribution in [-0.2, 0) is 0 Å². The fourth-order valence-corrected chi connectivity index (χ4v) is 4.68. The van der Waals surface area contributed by atoms with Crippen molar-refractivity contribution in [3.8, 4) is 5.75 Å². The molecule has 152 valence electrons. The van der Waals surface area contributed by atoms with Gasteiger partial charge in [-0.1, -0.05) is 17.4 Å². The number of benzene rings is 3. The summed E-state index contributed by atoms with van der Waals surface area (Å²) in [5.74, 6) is 0.668. The molecule has 0 aliphatic heterocycles. The van der Waals surface area contributed by atoms with Crippen molar-refractivity contribution in [1.29, 1.82) is 0 Å². The van der Waals surface area contributed by atoms with Gasteiger partial charge in [0.1, 0.15) is 5.75 Å². The minimum atomic E-state index is -0.161. The molecule has 30 heavy (non-hydrogen) atoms. The Balaban J connectivity index is 1.41. The zero-order chi connectivity index (χ0) is 21.1. The zero-order valence-corrected chi connectivity index (χ0v) is 18.5. The summed E-state index contributed by atoms with van der Waals surface area (Å²) in [5, 5.41) is 3.51. The first-order chi connectivity index (χ1) is 14.5. The number of hydrogen-bond acceptors (Lipinski definition) is 6. The number of ether oxygens (including phenoxy) is 1. The molecule has 1 N–H and O–H groups in total. The number of aryl methyl sites for hydroxylation is 1. The molecular weight excluding hydrogens is 414 g/mol. The summed E-state index contributed by atoms with van der Waals surface area (Å²) in [7, 11) is 3.66. The number of nitrogens with one attached hydrogen (secondary N) is 1. The van der Waals surface area contributed by atoms with Gasteiger partial charge in [-0.2, -0.15) is 0 Å². The van der Waals surface area contributed by atoms with Crippen LogP contribution in [0.3, 0.4) is 0 Å². The summed E-state index contributed by atoms with van der Waals surface area (Å²) in [4.78, 5) is 18.1. The highest BCUT2D eigenvalue weighted by molar-refractivity contribution is 8.00. The molecule has 1 aromatic heterocycles. The maximum atomic E-state index is 12.6. The first-order valence-corrected chi connectivity index (χ1v) is 11.0. The Kier molecular flexibility index (Phi) is 5.92. The SMILES string of the molecule is COc1ccc(N(C)Sc2ccc(C(=O)Nc3nc4ccc(C)cc4s3)cc2)cc1. The van der Waals surface area contributed by atoms with Gasteiger partial charge in [0.05, 0.1) is 17.3 Å². The van der Waals surface area contributed by atoms with E-state index < -0.39 is 0 Å². The minimum Gasteiger partial charge on any atom is -0.497 e. The Morgan fingerprint density at radius 2 is 1.80 bits per heavy atom. The Morgan fingerprint density at radius 3 is 2.50 bits per heavy atom. The van der Waals surface area contributed by atoms with Crippen LogP contribution < -0.4 is 14.4 Å². The number of nitrogens with zero attached hydrogens (tertiary/aromatic N) is 2. The number of aromatic nitrogens is 1. The molecule has 0 aliphatic rings. The lowest BCUT2D eigenvalue weighted by Gasteiger charge is -2.18. The van der Waals surface area contributed by atoms with E-state index >= 15 is 0 Å². The van der Waals surface area contributed by atoms with Crippen LogP contribution in [0.4, 0.5) is 10.8 Å². The molecule has 1 amide bonds. The number of thiazole rings is 1. The van der Waals surface area contributed by atoms with Gasteiger partial charge in [0.15, 0.2) is 5.13 Å². The molecule has 0 saturated heterocycles. The summed E-state index contributed by atoms with van der Waals surface area (Å²) >= 11 is 3.07. The summed E-state index contributed by atoms with van der Waals surface area (Å²) in [6.45, 7) is 2.04. The van der Waals surface area contributed by atoms with Gasteiger partial charge in [0.25, 0.3) is 5.91 Å². The average Bonchev–Trinajstić information content (AvgIpc) is 3.15. The van der Waals surface area contributed by atoms with Crippen LogP contribution in [0.25, 0.3) is 10.2 Å². The average molecular weight is 436 g/mol. The third-order valence-electron chi connectivity index (χ3n) is 4.56. The van der Waals surface area contributed by atoms with E-state index in [1.165, 1.54) is 16.9 Å². The molecule has 7 heteroatoms. The number of carbonyl (C=O) groups is 1. The van der Waals surface area contributed by atoms with E-state index in [0.717, 1.165) is 26.5 Å². The molecule has 0 saturated carbocycles. The topological polar surface area (TPSA) is 54.5 Å². The lowest BCUT2D eigenvalue weighted by molar-refractivity contribution is 0.102. The molecule has 0 unspecified atom stereocenters. The van der Waals surface area contributed by atoms with E-state index in [0.29, 0.717) is 10.7 Å². The largest absolute Gasteiger partial charge is 0.497 e. The molecule has 0 aliphatic carbocycles. The third kappa shape index (κ3) is 4.58. The maximum Gasteiger partial charge on any atom is 0.257 e. The lowest BCUT2D eigenvalue weighted by Crippen LogP contribution is -2.11. The van der Waals surface area contributed by atoms with Crippen LogP contribution in [0, 0.1) is 6.92 Å². The molecule has 5 nitrogen and oxygen atoms in total. The second kappa shape index (κ2) is 8.77. The molecule has 4 aromatic rings. The van der Waals surface area contributed by atoms with E-state index in [2.05, 4.69) is 20.7 Å². The molecule has 4 rings (SSSR count). The number of amides is 1. The molecule has 0 radical (unpaired) electrons. The Morgan fingerprint density at radius 1 is 1.07 bits per heavy atom. The van der Waals surface area contributed by atoms with Crippen molar-refractivity contribution in [2.75, 3.05) is 23.8 Å². The van der Waals surface area contributed by atoms with E-state index in [1.807, 2.05) is 74.6 Å². The Hall–Kier alpha value is -3.03. The summed E-state index contributed by atoms with van der Waals surface area (Å²) in [6, 6.07) is 21.5. The highest BCUT2D eigenvalue weighted by Gasteiger charge is 2.11. The number of hydrogen-bond donors (Lipinski definition) is 1. The van der Waals surface area contributed by atoms with Gasteiger partial charge in [-0.25, -0.2) is 4.98 Å². The molecular formula is C23H21N3O2S2. The summed E-state index contributed by atoms with van der Waals surface area (Å²) in [5.41, 5.74) is 3.74. The number of fused-ring (bicyclic) bond motifs is 1. The number of carbonyl (C=O) groups excluding carboxylic acids is 1. The third-order valence-corrected chi connectivity index (χ3v) is 6.46. The Bertz CT molecular complexity index is 1170. The quantitative estimate of drug-likeness (QED) is 0.376. The highest BCUT2D eigenvalue weighted by Crippen LogP contribution is 2.29. The molecule has 0 spiro atoms. The van der Waals surface area contributed by atoms with E-state index in [-0.39, 0.29) is 5.91 Å². The number of methoxy groups -OCH3 is 1. The van der Waals surface area contributed by atoms with Crippen molar-refractivity contribution < 1.29 is 9.53 Å². The molecule has 0 fully saturated rings. The van der Waals surface area contributed by atoms with Gasteiger partial charge < -0.3 is 9.04 Å².